The average Bonchev–Trinajstić information content (AvgIpc) is 2.29. The van der Waals surface area contributed by atoms with Gasteiger partial charge in [0, 0.05) is 0 Å². The van der Waals surface area contributed by atoms with E-state index in [1.807, 2.05) is 31.2 Å². The molecule has 15 heavy (non-hydrogen) atoms. The Morgan fingerprint density at radius 2 is 1.87 bits per heavy atom. The van der Waals surface area contributed by atoms with Crippen LogP contribution >= 0.6 is 0 Å². The average molecular weight is 197 g/mol. The van der Waals surface area contributed by atoms with Crippen LogP contribution < -0.4 is 0 Å². The molecule has 2 aromatic rings. The molecule has 0 fully saturated rings. The van der Waals surface area contributed by atoms with Crippen molar-refractivity contribution in [3.05, 3.63) is 48.0 Å². The second-order valence-corrected chi connectivity index (χ2v) is 3.46. The van der Waals surface area contributed by atoms with Gasteiger partial charge in [-0.2, -0.15) is 5.26 Å². The maximum atomic E-state index is 8.44. The van der Waals surface area contributed by atoms with E-state index in [2.05, 4.69) is 18.2 Å². The second kappa shape index (κ2) is 4.02. The standard InChI is InChI=1S/C13H11NO/c1-10(15-9-14)12-7-6-11-4-2-3-5-13(11)8-12/h2-8,10H,1H3/t10-/m1/s1. The van der Waals surface area contributed by atoms with Gasteiger partial charge in [-0.05, 0) is 29.3 Å². The van der Waals surface area contributed by atoms with E-state index in [4.69, 9.17) is 10.00 Å². The van der Waals surface area contributed by atoms with Crippen LogP contribution in [-0.4, -0.2) is 0 Å². The van der Waals surface area contributed by atoms with Crippen molar-refractivity contribution in [1.29, 1.82) is 5.26 Å². The first-order valence-corrected chi connectivity index (χ1v) is 4.84. The first kappa shape index (κ1) is 9.54. The van der Waals surface area contributed by atoms with E-state index < -0.39 is 0 Å². The van der Waals surface area contributed by atoms with Crippen molar-refractivity contribution < 1.29 is 4.74 Å². The highest BCUT2D eigenvalue weighted by molar-refractivity contribution is 5.83. The third-order valence-corrected chi connectivity index (χ3v) is 2.47. The lowest BCUT2D eigenvalue weighted by Gasteiger charge is -2.09. The largest absolute Gasteiger partial charge is 0.420 e. The SMILES string of the molecule is C[C@@H](OC#N)c1ccc2ccccc2c1. The van der Waals surface area contributed by atoms with E-state index in [9.17, 15) is 0 Å². The Balaban J connectivity index is 2.43. The predicted molar refractivity (Wildman–Crippen MR) is 59.1 cm³/mol. The highest BCUT2D eigenvalue weighted by Gasteiger charge is 2.05. The third kappa shape index (κ3) is 1.92. The molecule has 0 N–H and O–H groups in total. The van der Waals surface area contributed by atoms with Crippen molar-refractivity contribution in [3.63, 3.8) is 0 Å². The molecule has 2 aromatic carbocycles. The summed E-state index contributed by atoms with van der Waals surface area (Å²) in [7, 11) is 0. The molecule has 2 nitrogen and oxygen atoms in total. The van der Waals surface area contributed by atoms with Crippen molar-refractivity contribution in [2.45, 2.75) is 13.0 Å². The van der Waals surface area contributed by atoms with Crippen LogP contribution in [-0.2, 0) is 4.74 Å². The predicted octanol–water partition coefficient (Wildman–Crippen LogP) is 3.40. The van der Waals surface area contributed by atoms with Gasteiger partial charge in [0.2, 0.25) is 0 Å². The van der Waals surface area contributed by atoms with Gasteiger partial charge in [0.1, 0.15) is 6.10 Å². The van der Waals surface area contributed by atoms with E-state index in [-0.39, 0.29) is 6.10 Å². The Morgan fingerprint density at radius 3 is 2.60 bits per heavy atom. The van der Waals surface area contributed by atoms with E-state index in [0.717, 1.165) is 5.56 Å². The Labute approximate surface area is 88.7 Å². The zero-order valence-corrected chi connectivity index (χ0v) is 8.47. The fourth-order valence-electron chi connectivity index (χ4n) is 1.61. The summed E-state index contributed by atoms with van der Waals surface area (Å²) in [6.45, 7) is 1.87. The quantitative estimate of drug-likeness (QED) is 0.691. The molecular formula is C13H11NO. The van der Waals surface area contributed by atoms with Crippen LogP contribution in [0, 0.1) is 11.5 Å². The maximum absolute atomic E-state index is 8.44. The van der Waals surface area contributed by atoms with Gasteiger partial charge in [-0.3, -0.25) is 0 Å². The molecule has 2 rings (SSSR count). The van der Waals surface area contributed by atoms with Gasteiger partial charge in [0.25, 0.3) is 6.26 Å². The lowest BCUT2D eigenvalue weighted by Crippen LogP contribution is -1.94. The van der Waals surface area contributed by atoms with E-state index in [0.29, 0.717) is 0 Å². The number of hydrogen-bond donors (Lipinski definition) is 0. The third-order valence-electron chi connectivity index (χ3n) is 2.47. The number of benzene rings is 2. The van der Waals surface area contributed by atoms with Crippen LogP contribution in [0.25, 0.3) is 10.8 Å². The molecule has 0 aromatic heterocycles. The van der Waals surface area contributed by atoms with Gasteiger partial charge in [-0.25, -0.2) is 0 Å². The molecule has 1 atom stereocenters. The second-order valence-electron chi connectivity index (χ2n) is 3.46. The van der Waals surface area contributed by atoms with Crippen molar-refractivity contribution in [3.8, 4) is 6.26 Å². The Kier molecular flexibility index (Phi) is 2.55. The molecule has 0 heterocycles. The number of rotatable bonds is 2. The molecule has 0 unspecified atom stereocenters. The van der Waals surface area contributed by atoms with Crippen LogP contribution in [0.4, 0.5) is 0 Å². The van der Waals surface area contributed by atoms with E-state index >= 15 is 0 Å². The van der Waals surface area contributed by atoms with Gasteiger partial charge < -0.3 is 4.74 Å². The summed E-state index contributed by atoms with van der Waals surface area (Å²) in [6, 6.07) is 14.2. The molecule has 0 aliphatic heterocycles. The van der Waals surface area contributed by atoms with E-state index in [1.165, 1.54) is 10.8 Å². The highest BCUT2D eigenvalue weighted by atomic mass is 16.5. The van der Waals surface area contributed by atoms with Gasteiger partial charge in [-0.15, -0.1) is 0 Å². The molecule has 0 spiro atoms. The number of ether oxygens (including phenoxy) is 1. The fraction of sp³-hybridized carbons (Fsp3) is 0.154. The summed E-state index contributed by atoms with van der Waals surface area (Å²) in [5.74, 6) is 0. The van der Waals surface area contributed by atoms with Crippen molar-refractivity contribution >= 4 is 10.8 Å². The van der Waals surface area contributed by atoms with Crippen LogP contribution in [0.2, 0.25) is 0 Å². The van der Waals surface area contributed by atoms with Crippen LogP contribution in [0.5, 0.6) is 0 Å². The molecule has 0 saturated carbocycles. The van der Waals surface area contributed by atoms with Crippen molar-refractivity contribution in [2.75, 3.05) is 0 Å². The summed E-state index contributed by atoms with van der Waals surface area (Å²) >= 11 is 0. The number of nitriles is 1. The minimum Gasteiger partial charge on any atom is -0.420 e. The van der Waals surface area contributed by atoms with Gasteiger partial charge in [0.05, 0.1) is 0 Å². The molecule has 0 aliphatic rings. The summed E-state index contributed by atoms with van der Waals surface area (Å²) in [5, 5.41) is 10.8. The number of fused-ring (bicyclic) bond motifs is 1. The minimum absolute atomic E-state index is 0.181. The highest BCUT2D eigenvalue weighted by Crippen LogP contribution is 2.21. The maximum Gasteiger partial charge on any atom is 0.286 e. The van der Waals surface area contributed by atoms with E-state index in [1.54, 1.807) is 6.26 Å². The van der Waals surface area contributed by atoms with Gasteiger partial charge in [0.15, 0.2) is 0 Å². The molecular weight excluding hydrogens is 186 g/mol. The molecule has 0 aliphatic carbocycles. The topological polar surface area (TPSA) is 33.0 Å². The zero-order valence-electron chi connectivity index (χ0n) is 8.47. The Bertz CT molecular complexity index is 513. The Hall–Kier alpha value is -2.01. The molecule has 2 heteroatoms. The lowest BCUT2D eigenvalue weighted by atomic mass is 10.0. The van der Waals surface area contributed by atoms with Crippen LogP contribution in [0.1, 0.15) is 18.6 Å². The Morgan fingerprint density at radius 1 is 1.13 bits per heavy atom. The van der Waals surface area contributed by atoms with Crippen molar-refractivity contribution in [2.24, 2.45) is 0 Å². The number of nitrogens with zero attached hydrogens (tertiary/aromatic N) is 1. The van der Waals surface area contributed by atoms with Crippen LogP contribution in [0.3, 0.4) is 0 Å². The first-order valence-electron chi connectivity index (χ1n) is 4.84. The summed E-state index contributed by atoms with van der Waals surface area (Å²) in [4.78, 5) is 0. The number of hydrogen-bond acceptors (Lipinski definition) is 2. The molecule has 0 saturated heterocycles. The molecule has 0 bridgehead atoms. The normalized spacial score (nSPS) is 12.0. The monoisotopic (exact) mass is 197 g/mol. The van der Waals surface area contributed by atoms with Crippen LogP contribution in [0.15, 0.2) is 42.5 Å². The molecule has 74 valence electrons. The summed E-state index contributed by atoms with van der Waals surface area (Å²) in [5.41, 5.74) is 1.02. The smallest absolute Gasteiger partial charge is 0.286 e. The molecule has 0 amide bonds. The minimum atomic E-state index is -0.181. The van der Waals surface area contributed by atoms with Gasteiger partial charge in [-0.1, -0.05) is 36.4 Å². The summed E-state index contributed by atoms with van der Waals surface area (Å²) < 4.78 is 4.88. The zero-order chi connectivity index (χ0) is 10.7. The van der Waals surface area contributed by atoms with Gasteiger partial charge >= 0.3 is 0 Å². The molecule has 0 radical (unpaired) electrons. The summed E-state index contributed by atoms with van der Waals surface area (Å²) in [6.07, 6.45) is 1.53. The first-order chi connectivity index (χ1) is 7.31. The lowest BCUT2D eigenvalue weighted by molar-refractivity contribution is 0.183. The van der Waals surface area contributed by atoms with Crippen molar-refractivity contribution in [1.82, 2.24) is 0 Å². The fourth-order valence-corrected chi connectivity index (χ4v) is 1.61.